The molecule has 0 aliphatic carbocycles. The minimum absolute atomic E-state index is 0.0489. The van der Waals surface area contributed by atoms with Crippen LogP contribution in [0.4, 0.5) is 4.79 Å². The summed E-state index contributed by atoms with van der Waals surface area (Å²) in [4.78, 5) is 45.5. The summed E-state index contributed by atoms with van der Waals surface area (Å²) in [6, 6.07) is 2.82. The van der Waals surface area contributed by atoms with Gasteiger partial charge >= 0.3 is 6.03 Å². The summed E-state index contributed by atoms with van der Waals surface area (Å²) < 4.78 is 5.11. The number of carbonyl (C=O) groups is 2. The van der Waals surface area contributed by atoms with Crippen LogP contribution < -0.4 is 16.2 Å². The zero-order valence-corrected chi connectivity index (χ0v) is 18.7. The molecule has 0 aliphatic heterocycles. The lowest BCUT2D eigenvalue weighted by Gasteiger charge is -2.08. The Balaban J connectivity index is 1.60. The molecule has 3 amide bonds. The van der Waals surface area contributed by atoms with Gasteiger partial charge in [-0.3, -0.25) is 14.9 Å². The van der Waals surface area contributed by atoms with Gasteiger partial charge < -0.3 is 14.7 Å². The molecule has 0 saturated heterocycles. The van der Waals surface area contributed by atoms with E-state index in [2.05, 4.69) is 34.4 Å². The molecule has 3 heterocycles. The van der Waals surface area contributed by atoms with Crippen LogP contribution in [0.15, 0.2) is 32.8 Å². The number of carbonyl (C=O) groups excluding carboxylic acids is 2. The second-order valence-electron chi connectivity index (χ2n) is 7.00. The number of amides is 3. The molecule has 30 heavy (non-hydrogen) atoms. The average molecular weight is 449 g/mol. The summed E-state index contributed by atoms with van der Waals surface area (Å²) in [7, 11) is 0. The van der Waals surface area contributed by atoms with Gasteiger partial charge in [0.1, 0.15) is 10.6 Å². The molecule has 3 aromatic heterocycles. The van der Waals surface area contributed by atoms with E-state index in [0.717, 1.165) is 35.0 Å². The molecule has 0 saturated carbocycles. The van der Waals surface area contributed by atoms with Crippen LogP contribution in [0, 0.1) is 12.8 Å². The monoisotopic (exact) mass is 448 g/mol. The molecular formula is C20H24N4O4S2. The summed E-state index contributed by atoms with van der Waals surface area (Å²) in [5.41, 5.74) is 0.863. The zero-order chi connectivity index (χ0) is 21.7. The molecule has 3 rings (SSSR count). The number of furan rings is 1. The van der Waals surface area contributed by atoms with Gasteiger partial charge in [-0.1, -0.05) is 32.0 Å². The quantitative estimate of drug-likeness (QED) is 0.358. The Labute approximate surface area is 181 Å². The first-order valence-electron chi connectivity index (χ1n) is 9.62. The van der Waals surface area contributed by atoms with Crippen LogP contribution in [0.2, 0.25) is 0 Å². The zero-order valence-electron chi connectivity index (χ0n) is 17.0. The summed E-state index contributed by atoms with van der Waals surface area (Å²) in [6.07, 6.45) is 3.39. The lowest BCUT2D eigenvalue weighted by atomic mass is 9.98. The number of imide groups is 1. The van der Waals surface area contributed by atoms with Gasteiger partial charge in [0.25, 0.3) is 5.56 Å². The number of hydrogen-bond donors (Lipinski definition) is 3. The topological polar surface area (TPSA) is 117 Å². The summed E-state index contributed by atoms with van der Waals surface area (Å²) in [6.45, 7) is 6.48. The first-order valence-corrected chi connectivity index (χ1v) is 11.4. The first-order chi connectivity index (χ1) is 14.4. The normalized spacial score (nSPS) is 12.1. The number of thioether (sulfide) groups is 1. The second-order valence-corrected chi connectivity index (χ2v) is 9.17. The fraction of sp³-hybridized carbons (Fsp3) is 0.400. The van der Waals surface area contributed by atoms with Crippen molar-refractivity contribution < 1.29 is 14.0 Å². The third kappa shape index (κ3) is 5.51. The van der Waals surface area contributed by atoms with E-state index in [-0.39, 0.29) is 17.9 Å². The molecule has 0 aliphatic rings. The largest absolute Gasteiger partial charge is 0.467 e. The maximum atomic E-state index is 12.6. The lowest BCUT2D eigenvalue weighted by Crippen LogP contribution is -2.39. The first kappa shape index (κ1) is 22.1. The van der Waals surface area contributed by atoms with Gasteiger partial charge in [0.2, 0.25) is 5.91 Å². The van der Waals surface area contributed by atoms with Crippen molar-refractivity contribution in [1.82, 2.24) is 20.6 Å². The van der Waals surface area contributed by atoms with E-state index in [0.29, 0.717) is 27.1 Å². The molecule has 160 valence electrons. The predicted octanol–water partition coefficient (Wildman–Crippen LogP) is 3.59. The molecule has 0 fully saturated rings. The second kappa shape index (κ2) is 9.94. The number of urea groups is 1. The number of aryl methyl sites for hydroxylation is 1. The molecule has 0 bridgehead atoms. The van der Waals surface area contributed by atoms with Crippen LogP contribution in [-0.2, 0) is 17.8 Å². The van der Waals surface area contributed by atoms with Crippen molar-refractivity contribution in [3.8, 4) is 0 Å². The highest BCUT2D eigenvalue weighted by atomic mass is 32.2. The predicted molar refractivity (Wildman–Crippen MR) is 118 cm³/mol. The molecule has 0 aromatic carbocycles. The Morgan fingerprint density at radius 2 is 2.20 bits per heavy atom. The minimum Gasteiger partial charge on any atom is -0.467 e. The van der Waals surface area contributed by atoms with E-state index in [1.54, 1.807) is 12.1 Å². The highest BCUT2D eigenvalue weighted by molar-refractivity contribution is 7.99. The number of H-pyrrole nitrogens is 1. The van der Waals surface area contributed by atoms with Gasteiger partial charge in [-0.15, -0.1) is 11.3 Å². The molecule has 1 unspecified atom stereocenters. The van der Waals surface area contributed by atoms with E-state index in [1.165, 1.54) is 17.6 Å². The third-order valence-electron chi connectivity index (χ3n) is 4.69. The SMILES string of the molecule is CCC(C)Cc1c(C)sc2nc(SCC(=O)NC(=O)NCc3ccco3)[nH]c(=O)c12. The van der Waals surface area contributed by atoms with Crippen molar-refractivity contribution in [3.63, 3.8) is 0 Å². The number of nitrogens with one attached hydrogen (secondary N) is 3. The number of thiophene rings is 1. The number of aromatic nitrogens is 2. The van der Waals surface area contributed by atoms with Crippen LogP contribution in [0.3, 0.4) is 0 Å². The molecule has 0 radical (unpaired) electrons. The molecule has 8 nitrogen and oxygen atoms in total. The summed E-state index contributed by atoms with van der Waals surface area (Å²) >= 11 is 2.57. The molecule has 1 atom stereocenters. The van der Waals surface area contributed by atoms with Crippen molar-refractivity contribution in [2.45, 2.75) is 45.3 Å². The summed E-state index contributed by atoms with van der Waals surface area (Å²) in [5.74, 6) is 0.533. The van der Waals surface area contributed by atoms with Crippen LogP contribution in [0.25, 0.3) is 10.2 Å². The van der Waals surface area contributed by atoms with Crippen molar-refractivity contribution >= 4 is 45.3 Å². The Morgan fingerprint density at radius 1 is 1.40 bits per heavy atom. The van der Waals surface area contributed by atoms with Crippen molar-refractivity contribution in [2.24, 2.45) is 5.92 Å². The Bertz CT molecular complexity index is 1090. The fourth-order valence-electron chi connectivity index (χ4n) is 2.88. The van der Waals surface area contributed by atoms with E-state index in [4.69, 9.17) is 4.42 Å². The molecule has 3 aromatic rings. The number of hydrogen-bond acceptors (Lipinski definition) is 7. The number of aromatic amines is 1. The van der Waals surface area contributed by atoms with E-state index in [1.807, 2.05) is 6.92 Å². The maximum absolute atomic E-state index is 12.6. The van der Waals surface area contributed by atoms with E-state index < -0.39 is 11.9 Å². The van der Waals surface area contributed by atoms with Gasteiger partial charge in [0.05, 0.1) is 23.9 Å². The minimum atomic E-state index is -0.613. The van der Waals surface area contributed by atoms with Gasteiger partial charge in [0, 0.05) is 4.88 Å². The fourth-order valence-corrected chi connectivity index (χ4v) is 4.66. The van der Waals surface area contributed by atoms with Crippen LogP contribution in [-0.4, -0.2) is 27.7 Å². The third-order valence-corrected chi connectivity index (χ3v) is 6.60. The Kier molecular flexibility index (Phi) is 7.33. The standard InChI is InChI=1S/C20H24N4O4S2/c1-4-11(2)8-14-12(3)30-18-16(14)17(26)23-20(24-18)29-10-15(25)22-19(27)21-9-13-6-5-7-28-13/h5-7,11H,4,8-10H2,1-3H3,(H,23,24,26)(H2,21,22,25,27). The van der Waals surface area contributed by atoms with E-state index in [9.17, 15) is 14.4 Å². The highest BCUT2D eigenvalue weighted by Crippen LogP contribution is 2.30. The Morgan fingerprint density at radius 3 is 2.90 bits per heavy atom. The molecule has 10 heteroatoms. The maximum Gasteiger partial charge on any atom is 0.321 e. The smallest absolute Gasteiger partial charge is 0.321 e. The highest BCUT2D eigenvalue weighted by Gasteiger charge is 2.17. The van der Waals surface area contributed by atoms with Crippen LogP contribution in [0.5, 0.6) is 0 Å². The molecular weight excluding hydrogens is 424 g/mol. The number of nitrogens with zero attached hydrogens (tertiary/aromatic N) is 1. The lowest BCUT2D eigenvalue weighted by molar-refractivity contribution is -0.117. The molecule has 3 N–H and O–H groups in total. The van der Waals surface area contributed by atoms with Crippen molar-refractivity contribution in [2.75, 3.05) is 5.75 Å². The van der Waals surface area contributed by atoms with Crippen LogP contribution in [0.1, 0.15) is 36.5 Å². The van der Waals surface area contributed by atoms with Crippen molar-refractivity contribution in [3.05, 3.63) is 45.0 Å². The van der Waals surface area contributed by atoms with E-state index >= 15 is 0 Å². The number of rotatable bonds is 8. The van der Waals surface area contributed by atoms with Gasteiger partial charge in [-0.25, -0.2) is 9.78 Å². The number of fused-ring (bicyclic) bond motifs is 1. The average Bonchev–Trinajstić information content (AvgIpc) is 3.33. The summed E-state index contributed by atoms with van der Waals surface area (Å²) in [5, 5.41) is 5.77. The molecule has 0 spiro atoms. The van der Waals surface area contributed by atoms with Gasteiger partial charge in [-0.05, 0) is 37.0 Å². The van der Waals surface area contributed by atoms with Crippen LogP contribution >= 0.6 is 23.1 Å². The van der Waals surface area contributed by atoms with Crippen molar-refractivity contribution in [1.29, 1.82) is 0 Å². The van der Waals surface area contributed by atoms with Gasteiger partial charge in [0.15, 0.2) is 5.16 Å². The Hall–Kier alpha value is -2.59. The van der Waals surface area contributed by atoms with Gasteiger partial charge in [-0.2, -0.15) is 0 Å².